The van der Waals surface area contributed by atoms with Crippen LogP contribution in [0.25, 0.3) is 0 Å². The molecule has 0 aliphatic carbocycles. The molecular weight excluding hydrogens is 216 g/mol. The molecule has 0 heterocycles. The first-order valence-corrected chi connectivity index (χ1v) is 8.58. The average Bonchev–Trinajstić information content (AvgIpc) is 2.09. The van der Waals surface area contributed by atoms with E-state index in [0.717, 1.165) is 5.76 Å². The number of allylic oxidation sites excluding steroid dienone is 2. The number of hydrogen-bond acceptors (Lipinski definition) is 2. The van der Waals surface area contributed by atoms with Gasteiger partial charge in [-0.2, -0.15) is 0 Å². The third kappa shape index (κ3) is 4.43. The predicted octanol–water partition coefficient (Wildman–Crippen LogP) is 4.46. The van der Waals surface area contributed by atoms with E-state index in [0.29, 0.717) is 0 Å². The van der Waals surface area contributed by atoms with Gasteiger partial charge in [0, 0.05) is 6.08 Å². The normalized spacial score (nSPS) is 12.8. The zero-order chi connectivity index (χ0) is 13.0. The van der Waals surface area contributed by atoms with Gasteiger partial charge in [-0.1, -0.05) is 20.8 Å². The molecule has 0 radical (unpaired) electrons. The molecule has 0 fully saturated rings. The van der Waals surface area contributed by atoms with Crippen molar-refractivity contribution in [2.24, 2.45) is 0 Å². The van der Waals surface area contributed by atoms with Crippen LogP contribution in [-0.2, 0) is 9.16 Å². The van der Waals surface area contributed by atoms with Crippen molar-refractivity contribution in [1.82, 2.24) is 0 Å². The minimum atomic E-state index is -1.75. The van der Waals surface area contributed by atoms with E-state index in [1.165, 1.54) is 5.57 Å². The SMILES string of the molecule is CO/C=C/C(O[Si](C)(C)C(C)(C)C)=C(C)C. The molecule has 0 bridgehead atoms. The molecule has 0 saturated carbocycles. The lowest BCUT2D eigenvalue weighted by Crippen LogP contribution is -2.40. The minimum absolute atomic E-state index is 0.217. The highest BCUT2D eigenvalue weighted by Gasteiger charge is 2.39. The van der Waals surface area contributed by atoms with Crippen molar-refractivity contribution >= 4 is 8.32 Å². The highest BCUT2D eigenvalue weighted by atomic mass is 28.4. The number of methoxy groups -OCH3 is 1. The van der Waals surface area contributed by atoms with Crippen molar-refractivity contribution in [3.63, 3.8) is 0 Å². The van der Waals surface area contributed by atoms with E-state index < -0.39 is 8.32 Å². The van der Waals surface area contributed by atoms with Crippen LogP contribution in [0, 0.1) is 0 Å². The second-order valence-corrected chi connectivity index (χ2v) is 10.5. The molecule has 0 rings (SSSR count). The lowest BCUT2D eigenvalue weighted by Gasteiger charge is -2.37. The van der Waals surface area contributed by atoms with Gasteiger partial charge in [0.15, 0.2) is 0 Å². The Labute approximate surface area is 101 Å². The number of ether oxygens (including phenoxy) is 1. The maximum absolute atomic E-state index is 6.22. The molecule has 0 saturated heterocycles. The standard InChI is InChI=1S/C13H26O2Si/c1-11(2)12(9-10-14-6)15-16(7,8)13(3,4)5/h9-10H,1-8H3/b10-9+. The topological polar surface area (TPSA) is 18.5 Å². The zero-order valence-electron chi connectivity index (χ0n) is 12.0. The van der Waals surface area contributed by atoms with Crippen molar-refractivity contribution in [3.8, 4) is 0 Å². The summed E-state index contributed by atoms with van der Waals surface area (Å²) in [6, 6.07) is 0. The van der Waals surface area contributed by atoms with Crippen LogP contribution in [-0.4, -0.2) is 15.4 Å². The fraction of sp³-hybridized carbons (Fsp3) is 0.692. The van der Waals surface area contributed by atoms with Crippen LogP contribution in [0.2, 0.25) is 18.1 Å². The Morgan fingerprint density at radius 3 is 1.94 bits per heavy atom. The first-order valence-electron chi connectivity index (χ1n) is 5.67. The van der Waals surface area contributed by atoms with Crippen LogP contribution < -0.4 is 0 Å². The van der Waals surface area contributed by atoms with Crippen molar-refractivity contribution in [3.05, 3.63) is 23.7 Å². The molecule has 3 heteroatoms. The second kappa shape index (κ2) is 5.57. The minimum Gasteiger partial charge on any atom is -0.543 e. The van der Waals surface area contributed by atoms with Gasteiger partial charge in [0.1, 0.15) is 5.76 Å². The number of rotatable bonds is 4. The van der Waals surface area contributed by atoms with E-state index in [-0.39, 0.29) is 5.04 Å². The summed E-state index contributed by atoms with van der Waals surface area (Å²) < 4.78 is 11.2. The van der Waals surface area contributed by atoms with Gasteiger partial charge in [-0.05, 0) is 37.6 Å². The van der Waals surface area contributed by atoms with E-state index in [1.807, 2.05) is 6.08 Å². The molecule has 0 atom stereocenters. The lowest BCUT2D eigenvalue weighted by molar-refractivity contribution is 0.331. The fourth-order valence-electron chi connectivity index (χ4n) is 0.861. The Kier molecular flexibility index (Phi) is 5.33. The highest BCUT2D eigenvalue weighted by Crippen LogP contribution is 2.38. The van der Waals surface area contributed by atoms with Crippen molar-refractivity contribution < 1.29 is 9.16 Å². The monoisotopic (exact) mass is 242 g/mol. The first kappa shape index (κ1) is 15.3. The summed E-state index contributed by atoms with van der Waals surface area (Å²) in [5.41, 5.74) is 1.18. The third-order valence-electron chi connectivity index (χ3n) is 3.02. The van der Waals surface area contributed by atoms with Crippen molar-refractivity contribution in [2.45, 2.75) is 52.8 Å². The van der Waals surface area contributed by atoms with Crippen LogP contribution in [0.15, 0.2) is 23.7 Å². The van der Waals surface area contributed by atoms with Gasteiger partial charge in [-0.3, -0.25) is 0 Å². The van der Waals surface area contributed by atoms with Crippen LogP contribution >= 0.6 is 0 Å². The van der Waals surface area contributed by atoms with Gasteiger partial charge in [0.2, 0.25) is 8.32 Å². The Hall–Kier alpha value is -0.703. The van der Waals surface area contributed by atoms with Crippen LogP contribution in [0.3, 0.4) is 0 Å². The summed E-state index contributed by atoms with van der Waals surface area (Å²) in [5, 5.41) is 0.217. The second-order valence-electron chi connectivity index (χ2n) is 5.77. The first-order chi connectivity index (χ1) is 7.12. The maximum Gasteiger partial charge on any atom is 0.250 e. The quantitative estimate of drug-likeness (QED) is 0.411. The summed E-state index contributed by atoms with van der Waals surface area (Å²) in [6.07, 6.45) is 3.56. The Morgan fingerprint density at radius 1 is 1.12 bits per heavy atom. The van der Waals surface area contributed by atoms with Crippen LogP contribution in [0.5, 0.6) is 0 Å². The van der Waals surface area contributed by atoms with Crippen molar-refractivity contribution in [2.75, 3.05) is 7.11 Å². The summed E-state index contributed by atoms with van der Waals surface area (Å²) in [6.45, 7) is 15.3. The largest absolute Gasteiger partial charge is 0.543 e. The smallest absolute Gasteiger partial charge is 0.250 e. The van der Waals surface area contributed by atoms with Crippen molar-refractivity contribution in [1.29, 1.82) is 0 Å². The van der Waals surface area contributed by atoms with Crippen LogP contribution in [0.4, 0.5) is 0 Å². The van der Waals surface area contributed by atoms with E-state index in [1.54, 1.807) is 13.4 Å². The summed E-state index contributed by atoms with van der Waals surface area (Å²) in [7, 11) is -0.101. The molecule has 2 nitrogen and oxygen atoms in total. The third-order valence-corrected chi connectivity index (χ3v) is 7.36. The molecule has 0 aromatic heterocycles. The highest BCUT2D eigenvalue weighted by molar-refractivity contribution is 6.74. The summed E-state index contributed by atoms with van der Waals surface area (Å²) in [4.78, 5) is 0. The Bertz CT molecular complexity index is 279. The molecule has 0 spiro atoms. The van der Waals surface area contributed by atoms with Crippen LogP contribution in [0.1, 0.15) is 34.6 Å². The molecule has 16 heavy (non-hydrogen) atoms. The maximum atomic E-state index is 6.22. The molecular formula is C13H26O2Si. The predicted molar refractivity (Wildman–Crippen MR) is 72.8 cm³/mol. The fourth-order valence-corrected chi connectivity index (χ4v) is 1.99. The molecule has 0 aliphatic rings. The van der Waals surface area contributed by atoms with E-state index >= 15 is 0 Å². The number of hydrogen-bond donors (Lipinski definition) is 0. The summed E-state index contributed by atoms with van der Waals surface area (Å²) in [5.74, 6) is 0.938. The molecule has 0 aromatic rings. The van der Waals surface area contributed by atoms with Gasteiger partial charge in [-0.25, -0.2) is 0 Å². The molecule has 0 aromatic carbocycles. The molecule has 0 amide bonds. The molecule has 94 valence electrons. The summed E-state index contributed by atoms with van der Waals surface area (Å²) >= 11 is 0. The van der Waals surface area contributed by atoms with E-state index in [4.69, 9.17) is 9.16 Å². The van der Waals surface area contributed by atoms with E-state index in [9.17, 15) is 0 Å². The zero-order valence-corrected chi connectivity index (χ0v) is 13.0. The van der Waals surface area contributed by atoms with Gasteiger partial charge in [0.25, 0.3) is 0 Å². The van der Waals surface area contributed by atoms with Gasteiger partial charge in [0.05, 0.1) is 13.4 Å². The molecule has 0 unspecified atom stereocenters. The lowest BCUT2D eigenvalue weighted by atomic mass is 10.2. The van der Waals surface area contributed by atoms with E-state index in [2.05, 4.69) is 47.7 Å². The van der Waals surface area contributed by atoms with Gasteiger partial charge < -0.3 is 9.16 Å². The Morgan fingerprint density at radius 2 is 1.62 bits per heavy atom. The molecule has 0 aliphatic heterocycles. The average molecular weight is 242 g/mol. The Balaban J connectivity index is 4.93. The molecule has 0 N–H and O–H groups in total. The van der Waals surface area contributed by atoms with Gasteiger partial charge >= 0.3 is 0 Å². The van der Waals surface area contributed by atoms with Gasteiger partial charge in [-0.15, -0.1) is 0 Å².